The van der Waals surface area contributed by atoms with Gasteiger partial charge in [-0.1, -0.05) is 0 Å². The molecular weight excluding hydrogens is 224 g/mol. The van der Waals surface area contributed by atoms with Crippen molar-refractivity contribution < 1.29 is 4.74 Å². The summed E-state index contributed by atoms with van der Waals surface area (Å²) in [4.78, 5) is 0. The van der Waals surface area contributed by atoms with Crippen LogP contribution >= 0.6 is 0 Å². The van der Waals surface area contributed by atoms with Crippen molar-refractivity contribution in [3.8, 4) is 5.75 Å². The fourth-order valence-electron chi connectivity index (χ4n) is 2.82. The number of fused-ring (bicyclic) bond motifs is 3. The lowest BCUT2D eigenvalue weighted by molar-refractivity contribution is 0.243. The van der Waals surface area contributed by atoms with Crippen LogP contribution in [-0.4, -0.2) is 17.2 Å². The van der Waals surface area contributed by atoms with E-state index in [1.165, 1.54) is 22.2 Å². The first-order valence-electron chi connectivity index (χ1n) is 6.64. The largest absolute Gasteiger partial charge is 0.491 e. The second-order valence-corrected chi connectivity index (χ2v) is 5.26. The molecule has 0 bridgehead atoms. The van der Waals surface area contributed by atoms with Gasteiger partial charge in [0, 0.05) is 30.2 Å². The maximum absolute atomic E-state index is 5.80. The number of hydrogen-bond acceptors (Lipinski definition) is 2. The van der Waals surface area contributed by atoms with Gasteiger partial charge in [-0.3, -0.25) is 0 Å². The number of nitrogens with one attached hydrogen (secondary N) is 1. The number of rotatable bonds is 2. The molecule has 0 saturated heterocycles. The molecule has 0 unspecified atom stereocenters. The van der Waals surface area contributed by atoms with Crippen LogP contribution in [0.3, 0.4) is 0 Å². The maximum Gasteiger partial charge on any atom is 0.120 e. The van der Waals surface area contributed by atoms with Crippen molar-refractivity contribution in [2.75, 3.05) is 6.54 Å². The number of aryl methyl sites for hydroxylation is 1. The van der Waals surface area contributed by atoms with Crippen LogP contribution in [-0.2, 0) is 20.0 Å². The molecule has 0 spiro atoms. The molecule has 0 saturated carbocycles. The van der Waals surface area contributed by atoms with Crippen molar-refractivity contribution >= 4 is 10.9 Å². The van der Waals surface area contributed by atoms with Gasteiger partial charge in [-0.05, 0) is 50.6 Å². The fraction of sp³-hybridized carbons (Fsp3) is 0.467. The highest BCUT2D eigenvalue weighted by atomic mass is 16.5. The third kappa shape index (κ3) is 1.79. The summed E-state index contributed by atoms with van der Waals surface area (Å²) in [5.74, 6) is 0.976. The van der Waals surface area contributed by atoms with Crippen LogP contribution < -0.4 is 10.1 Å². The first-order chi connectivity index (χ1) is 8.66. The maximum atomic E-state index is 5.80. The van der Waals surface area contributed by atoms with E-state index in [-0.39, 0.29) is 6.10 Å². The first-order valence-corrected chi connectivity index (χ1v) is 6.64. The topological polar surface area (TPSA) is 26.2 Å². The molecule has 1 N–H and O–H groups in total. The van der Waals surface area contributed by atoms with Gasteiger partial charge in [0.1, 0.15) is 5.75 Å². The molecule has 0 amide bonds. The van der Waals surface area contributed by atoms with Gasteiger partial charge in [-0.15, -0.1) is 0 Å². The molecule has 3 heteroatoms. The second-order valence-electron chi connectivity index (χ2n) is 5.26. The molecule has 0 aliphatic carbocycles. The third-order valence-corrected chi connectivity index (χ3v) is 3.62. The molecule has 1 aliphatic rings. The minimum absolute atomic E-state index is 0.226. The van der Waals surface area contributed by atoms with E-state index in [0.29, 0.717) is 0 Å². The Bertz CT molecular complexity index is 584. The van der Waals surface area contributed by atoms with Gasteiger partial charge in [0.2, 0.25) is 0 Å². The van der Waals surface area contributed by atoms with Crippen molar-refractivity contribution in [2.24, 2.45) is 7.05 Å². The molecule has 18 heavy (non-hydrogen) atoms. The van der Waals surface area contributed by atoms with Gasteiger partial charge in [-0.2, -0.15) is 0 Å². The number of benzene rings is 1. The van der Waals surface area contributed by atoms with Crippen LogP contribution in [0.4, 0.5) is 0 Å². The Morgan fingerprint density at radius 1 is 1.33 bits per heavy atom. The summed E-state index contributed by atoms with van der Waals surface area (Å²) in [6.45, 7) is 6.17. The Morgan fingerprint density at radius 3 is 2.94 bits per heavy atom. The average molecular weight is 244 g/mol. The second kappa shape index (κ2) is 4.32. The summed E-state index contributed by atoms with van der Waals surface area (Å²) in [7, 11) is 2.15. The number of nitrogens with zero attached hydrogens (tertiary/aromatic N) is 1. The zero-order valence-corrected chi connectivity index (χ0v) is 11.3. The van der Waals surface area contributed by atoms with Crippen molar-refractivity contribution in [1.82, 2.24) is 9.88 Å². The van der Waals surface area contributed by atoms with E-state index >= 15 is 0 Å². The molecule has 2 aromatic rings. The van der Waals surface area contributed by atoms with Crippen LogP contribution in [0, 0.1) is 0 Å². The summed E-state index contributed by atoms with van der Waals surface area (Å²) in [6.07, 6.45) is 1.33. The SMILES string of the molecule is CC(C)Oc1ccc2c(c1)c1c(n2C)CNCC1. The zero-order chi connectivity index (χ0) is 12.7. The monoisotopic (exact) mass is 244 g/mol. The normalized spacial score (nSPS) is 15.1. The lowest BCUT2D eigenvalue weighted by atomic mass is 10.0. The van der Waals surface area contributed by atoms with Crippen LogP contribution in [0.5, 0.6) is 5.75 Å². The van der Waals surface area contributed by atoms with Gasteiger partial charge in [0.25, 0.3) is 0 Å². The average Bonchev–Trinajstić information content (AvgIpc) is 2.63. The predicted octanol–water partition coefficient (Wildman–Crippen LogP) is 2.61. The van der Waals surface area contributed by atoms with E-state index in [0.717, 1.165) is 25.3 Å². The quantitative estimate of drug-likeness (QED) is 0.879. The summed E-state index contributed by atoms with van der Waals surface area (Å²) in [6, 6.07) is 6.44. The smallest absolute Gasteiger partial charge is 0.120 e. The van der Waals surface area contributed by atoms with Gasteiger partial charge < -0.3 is 14.6 Å². The molecule has 96 valence electrons. The Labute approximate surface area is 108 Å². The fourth-order valence-corrected chi connectivity index (χ4v) is 2.82. The number of aromatic nitrogens is 1. The van der Waals surface area contributed by atoms with E-state index < -0.39 is 0 Å². The minimum atomic E-state index is 0.226. The summed E-state index contributed by atoms with van der Waals surface area (Å²) < 4.78 is 8.10. The Balaban J connectivity index is 2.15. The van der Waals surface area contributed by atoms with Crippen molar-refractivity contribution in [3.63, 3.8) is 0 Å². The molecule has 1 aromatic heterocycles. The van der Waals surface area contributed by atoms with Crippen molar-refractivity contribution in [3.05, 3.63) is 29.5 Å². The summed E-state index contributed by atoms with van der Waals surface area (Å²) in [5, 5.41) is 4.79. The van der Waals surface area contributed by atoms with Crippen LogP contribution in [0.15, 0.2) is 18.2 Å². The van der Waals surface area contributed by atoms with Gasteiger partial charge in [0.15, 0.2) is 0 Å². The lowest BCUT2D eigenvalue weighted by Crippen LogP contribution is -2.24. The van der Waals surface area contributed by atoms with Crippen LogP contribution in [0.25, 0.3) is 10.9 Å². The zero-order valence-electron chi connectivity index (χ0n) is 11.3. The Kier molecular flexibility index (Phi) is 2.78. The highest BCUT2D eigenvalue weighted by Gasteiger charge is 2.18. The molecule has 3 nitrogen and oxygen atoms in total. The molecule has 0 atom stereocenters. The van der Waals surface area contributed by atoms with Gasteiger partial charge >= 0.3 is 0 Å². The van der Waals surface area contributed by atoms with Crippen LogP contribution in [0.1, 0.15) is 25.1 Å². The van der Waals surface area contributed by atoms with E-state index in [1.54, 1.807) is 0 Å². The standard InChI is InChI=1S/C15H20N2O/c1-10(2)18-11-4-5-14-13(8-11)12-6-7-16-9-15(12)17(14)3/h4-5,8,10,16H,6-7,9H2,1-3H3. The summed E-state index contributed by atoms with van der Waals surface area (Å²) in [5.41, 5.74) is 4.21. The molecule has 0 radical (unpaired) electrons. The van der Waals surface area contributed by atoms with Crippen molar-refractivity contribution in [2.45, 2.75) is 32.9 Å². The van der Waals surface area contributed by atoms with E-state index in [2.05, 4.69) is 49.0 Å². The van der Waals surface area contributed by atoms with E-state index in [1.807, 2.05) is 0 Å². The van der Waals surface area contributed by atoms with E-state index in [9.17, 15) is 0 Å². The summed E-state index contributed by atoms with van der Waals surface area (Å²) >= 11 is 0. The number of ether oxygens (including phenoxy) is 1. The highest BCUT2D eigenvalue weighted by molar-refractivity contribution is 5.87. The highest BCUT2D eigenvalue weighted by Crippen LogP contribution is 2.30. The molecular formula is C15H20N2O. The third-order valence-electron chi connectivity index (χ3n) is 3.62. The Hall–Kier alpha value is -1.48. The van der Waals surface area contributed by atoms with Gasteiger partial charge in [-0.25, -0.2) is 0 Å². The first kappa shape index (κ1) is 11.6. The molecule has 1 aliphatic heterocycles. The molecule has 2 heterocycles. The van der Waals surface area contributed by atoms with Crippen molar-refractivity contribution in [1.29, 1.82) is 0 Å². The lowest BCUT2D eigenvalue weighted by Gasteiger charge is -2.14. The molecule has 0 fully saturated rings. The number of hydrogen-bond donors (Lipinski definition) is 1. The van der Waals surface area contributed by atoms with Crippen LogP contribution in [0.2, 0.25) is 0 Å². The molecule has 3 rings (SSSR count). The van der Waals surface area contributed by atoms with Gasteiger partial charge in [0.05, 0.1) is 6.10 Å². The predicted molar refractivity (Wildman–Crippen MR) is 74.1 cm³/mol. The van der Waals surface area contributed by atoms with E-state index in [4.69, 9.17) is 4.74 Å². The molecule has 1 aromatic carbocycles. The minimum Gasteiger partial charge on any atom is -0.491 e. The Morgan fingerprint density at radius 2 is 2.17 bits per heavy atom.